The quantitative estimate of drug-likeness (QED) is 0.409. The predicted molar refractivity (Wildman–Crippen MR) is 162 cm³/mol. The highest BCUT2D eigenvalue weighted by Crippen LogP contribution is 2.54. The maximum atomic E-state index is 13.5. The molecule has 1 aliphatic heterocycles. The van der Waals surface area contributed by atoms with Crippen molar-refractivity contribution >= 4 is 21.9 Å². The summed E-state index contributed by atoms with van der Waals surface area (Å²) in [6.45, 7) is 6.99. The van der Waals surface area contributed by atoms with Gasteiger partial charge in [0.05, 0.1) is 10.6 Å². The number of hydrogen-bond acceptors (Lipinski definition) is 7. The molecule has 1 aromatic heterocycles. The maximum Gasteiger partial charge on any atom is 0.264 e. The van der Waals surface area contributed by atoms with Gasteiger partial charge < -0.3 is 10.0 Å². The molecule has 222 valence electrons. The van der Waals surface area contributed by atoms with Crippen LogP contribution in [0.5, 0.6) is 5.88 Å². The van der Waals surface area contributed by atoms with Crippen molar-refractivity contribution in [1.82, 2.24) is 19.8 Å². The molecule has 2 aliphatic carbocycles. The van der Waals surface area contributed by atoms with E-state index in [1.165, 1.54) is 56.7 Å². The number of carbonyl (C=O) groups is 1. The molecule has 1 saturated heterocycles. The molecule has 3 aromatic rings. The Morgan fingerprint density at radius 1 is 0.929 bits per heavy atom. The Balaban J connectivity index is 1.15. The van der Waals surface area contributed by atoms with E-state index < -0.39 is 10.0 Å². The van der Waals surface area contributed by atoms with E-state index in [0.717, 1.165) is 36.2 Å². The van der Waals surface area contributed by atoms with Gasteiger partial charge in [0.2, 0.25) is 11.8 Å². The van der Waals surface area contributed by atoms with Crippen molar-refractivity contribution in [2.45, 2.75) is 69.7 Å². The lowest BCUT2D eigenvalue weighted by Gasteiger charge is -2.50. The van der Waals surface area contributed by atoms with Crippen LogP contribution in [0.4, 0.5) is 5.95 Å². The molecule has 0 atom stereocenters. The number of amides is 1. The van der Waals surface area contributed by atoms with Crippen molar-refractivity contribution in [2.75, 3.05) is 30.9 Å². The normalized spacial score (nSPS) is 19.4. The molecule has 0 radical (unpaired) electrons. The lowest BCUT2D eigenvalue weighted by atomic mass is 9.64. The van der Waals surface area contributed by atoms with E-state index >= 15 is 0 Å². The number of aromatic hydroxyl groups is 1. The molecule has 1 amide bonds. The zero-order chi connectivity index (χ0) is 29.5. The van der Waals surface area contributed by atoms with Crippen LogP contribution < -0.4 is 4.72 Å². The van der Waals surface area contributed by atoms with Gasteiger partial charge in [-0.05, 0) is 80.7 Å². The molecule has 10 heteroatoms. The van der Waals surface area contributed by atoms with Crippen LogP contribution in [-0.4, -0.2) is 71.4 Å². The molecule has 0 unspecified atom stereocenters. The highest BCUT2D eigenvalue weighted by Gasteiger charge is 2.47. The Hall–Kier alpha value is -3.50. The van der Waals surface area contributed by atoms with E-state index in [4.69, 9.17) is 0 Å². The first-order valence-corrected chi connectivity index (χ1v) is 16.4. The molecule has 3 aliphatic rings. The van der Waals surface area contributed by atoms with Crippen LogP contribution in [0.25, 0.3) is 11.3 Å². The molecule has 0 bridgehead atoms. The molecule has 3 fully saturated rings. The van der Waals surface area contributed by atoms with Gasteiger partial charge in [0, 0.05) is 49.4 Å². The third-order valence-corrected chi connectivity index (χ3v) is 10.7. The van der Waals surface area contributed by atoms with Crippen LogP contribution in [0.3, 0.4) is 0 Å². The first kappa shape index (κ1) is 28.6. The van der Waals surface area contributed by atoms with Gasteiger partial charge in [-0.25, -0.2) is 18.1 Å². The topological polar surface area (TPSA) is 116 Å². The number of aromatic nitrogens is 2. The lowest BCUT2D eigenvalue weighted by Crippen LogP contribution is -2.51. The molecule has 42 heavy (non-hydrogen) atoms. The van der Waals surface area contributed by atoms with Crippen LogP contribution in [0.1, 0.15) is 66.4 Å². The molecular weight excluding hydrogens is 550 g/mol. The number of aryl methyl sites for hydroxylation is 2. The van der Waals surface area contributed by atoms with E-state index in [2.05, 4.69) is 19.6 Å². The number of carbonyl (C=O) groups excluding carboxylic acids is 1. The van der Waals surface area contributed by atoms with Crippen LogP contribution >= 0.6 is 0 Å². The number of nitrogens with zero attached hydrogens (tertiary/aromatic N) is 4. The Morgan fingerprint density at radius 2 is 1.64 bits per heavy atom. The SMILES string of the molecule is Cc1cccc(C)c1-c1cc(O)nc(NS(=O)(=O)c2cccc(C(=O)N3CCCN(C4CC5(CCCC5)C4)CC3)c2)n1. The predicted octanol–water partition coefficient (Wildman–Crippen LogP) is 5.14. The van der Waals surface area contributed by atoms with Crippen LogP contribution in [0, 0.1) is 19.3 Å². The fourth-order valence-corrected chi connectivity index (χ4v) is 8.21. The van der Waals surface area contributed by atoms with Gasteiger partial charge in [-0.2, -0.15) is 4.98 Å². The average Bonchev–Trinajstić information content (AvgIpc) is 3.30. The minimum absolute atomic E-state index is 0.0679. The number of sulfonamides is 1. The second-order valence-electron chi connectivity index (χ2n) is 12.3. The fourth-order valence-electron chi connectivity index (χ4n) is 7.22. The zero-order valence-electron chi connectivity index (χ0n) is 24.3. The van der Waals surface area contributed by atoms with Crippen LogP contribution in [0.2, 0.25) is 0 Å². The molecule has 2 N–H and O–H groups in total. The average molecular weight is 590 g/mol. The highest BCUT2D eigenvalue weighted by molar-refractivity contribution is 7.92. The summed E-state index contributed by atoms with van der Waals surface area (Å²) in [5.74, 6) is -0.757. The van der Waals surface area contributed by atoms with Crippen molar-refractivity contribution < 1.29 is 18.3 Å². The van der Waals surface area contributed by atoms with E-state index in [0.29, 0.717) is 35.8 Å². The van der Waals surface area contributed by atoms with Crippen molar-refractivity contribution in [1.29, 1.82) is 0 Å². The minimum Gasteiger partial charge on any atom is -0.493 e. The third-order valence-electron chi connectivity index (χ3n) is 9.40. The number of nitrogens with one attached hydrogen (secondary N) is 1. The van der Waals surface area contributed by atoms with Crippen LogP contribution in [-0.2, 0) is 10.0 Å². The van der Waals surface area contributed by atoms with Gasteiger partial charge in [-0.1, -0.05) is 37.1 Å². The molecular formula is C32H39N5O4S. The second kappa shape index (κ2) is 11.3. The van der Waals surface area contributed by atoms with Gasteiger partial charge >= 0.3 is 0 Å². The summed E-state index contributed by atoms with van der Waals surface area (Å²) in [7, 11) is -4.14. The molecule has 6 rings (SSSR count). The van der Waals surface area contributed by atoms with Crippen molar-refractivity contribution in [3.63, 3.8) is 0 Å². The fraction of sp³-hybridized carbons (Fsp3) is 0.469. The van der Waals surface area contributed by atoms with Crippen molar-refractivity contribution in [3.05, 3.63) is 65.2 Å². The minimum atomic E-state index is -4.14. The number of anilines is 1. The monoisotopic (exact) mass is 589 g/mol. The number of hydrogen-bond donors (Lipinski definition) is 2. The van der Waals surface area contributed by atoms with Crippen LogP contribution in [0.15, 0.2) is 53.4 Å². The molecule has 2 aromatic carbocycles. The molecule has 9 nitrogen and oxygen atoms in total. The Kier molecular flexibility index (Phi) is 7.70. The summed E-state index contributed by atoms with van der Waals surface area (Å²) >= 11 is 0. The third kappa shape index (κ3) is 5.74. The van der Waals surface area contributed by atoms with Crippen molar-refractivity contribution in [3.8, 4) is 17.1 Å². The van der Waals surface area contributed by atoms with E-state index in [1.54, 1.807) is 12.1 Å². The smallest absolute Gasteiger partial charge is 0.264 e. The first-order valence-electron chi connectivity index (χ1n) is 14.9. The zero-order valence-corrected chi connectivity index (χ0v) is 25.2. The number of benzene rings is 2. The highest BCUT2D eigenvalue weighted by atomic mass is 32.2. The summed E-state index contributed by atoms with van der Waals surface area (Å²) < 4.78 is 29.1. The summed E-state index contributed by atoms with van der Waals surface area (Å²) in [5.41, 5.74) is 4.01. The summed E-state index contributed by atoms with van der Waals surface area (Å²) in [6, 6.07) is 13.9. The first-order chi connectivity index (χ1) is 20.1. The molecule has 1 spiro atoms. The van der Waals surface area contributed by atoms with Gasteiger partial charge in [0.1, 0.15) is 0 Å². The summed E-state index contributed by atoms with van der Waals surface area (Å²) in [5, 5.41) is 10.3. The Labute approximate surface area is 248 Å². The van der Waals surface area contributed by atoms with E-state index in [1.807, 2.05) is 36.9 Å². The number of rotatable bonds is 6. The van der Waals surface area contributed by atoms with Gasteiger partial charge in [-0.3, -0.25) is 9.69 Å². The van der Waals surface area contributed by atoms with Gasteiger partial charge in [0.15, 0.2) is 0 Å². The maximum absolute atomic E-state index is 13.5. The summed E-state index contributed by atoms with van der Waals surface area (Å²) in [4.78, 5) is 26.1. The largest absolute Gasteiger partial charge is 0.493 e. The molecule has 2 heterocycles. The Bertz CT molecular complexity index is 1570. The standard InChI is InChI=1S/C32H39N5O4S/c1-22-8-5-9-23(2)29(22)27-19-28(38)34-31(33-27)35-42(40,41)26-11-6-10-24(18-26)30(39)37-15-7-14-36(16-17-37)25-20-32(21-25)12-3-4-13-32/h5-6,8-11,18-19,25H,3-4,7,12-17,20-21H2,1-2H3,(H2,33,34,35,38). The molecule has 2 saturated carbocycles. The van der Waals surface area contributed by atoms with E-state index in [-0.39, 0.29) is 22.6 Å². The van der Waals surface area contributed by atoms with Gasteiger partial charge in [-0.15, -0.1) is 0 Å². The van der Waals surface area contributed by atoms with Gasteiger partial charge in [0.25, 0.3) is 15.9 Å². The lowest BCUT2D eigenvalue weighted by molar-refractivity contribution is 0.00691. The Morgan fingerprint density at radius 3 is 2.38 bits per heavy atom. The second-order valence-corrected chi connectivity index (χ2v) is 14.0. The van der Waals surface area contributed by atoms with Crippen molar-refractivity contribution in [2.24, 2.45) is 5.41 Å². The van der Waals surface area contributed by atoms with E-state index in [9.17, 15) is 18.3 Å². The summed E-state index contributed by atoms with van der Waals surface area (Å²) in [6.07, 6.45) is 8.99.